The van der Waals surface area contributed by atoms with Gasteiger partial charge in [-0.05, 0) is 33.1 Å². The SMILES string of the molecule is C#CC(=O)N[C@H](CCC(=O)OC(C)(C)C)C(=O)O. The summed E-state index contributed by atoms with van der Waals surface area (Å²) in [5, 5.41) is 10.9. The van der Waals surface area contributed by atoms with Gasteiger partial charge in [-0.25, -0.2) is 4.79 Å². The number of rotatable bonds is 5. The van der Waals surface area contributed by atoms with Gasteiger partial charge in [-0.15, -0.1) is 6.42 Å². The van der Waals surface area contributed by atoms with Crippen LogP contribution in [0.15, 0.2) is 0 Å². The molecule has 6 nitrogen and oxygen atoms in total. The molecule has 0 rings (SSSR count). The number of terminal acetylenes is 1. The van der Waals surface area contributed by atoms with Crippen molar-refractivity contribution in [2.75, 3.05) is 0 Å². The Morgan fingerprint density at radius 3 is 2.33 bits per heavy atom. The summed E-state index contributed by atoms with van der Waals surface area (Å²) in [7, 11) is 0. The van der Waals surface area contributed by atoms with E-state index in [0.717, 1.165) is 0 Å². The average Bonchev–Trinajstić information content (AvgIpc) is 2.20. The topological polar surface area (TPSA) is 92.7 Å². The first-order valence-corrected chi connectivity index (χ1v) is 5.37. The van der Waals surface area contributed by atoms with Crippen LogP contribution >= 0.6 is 0 Å². The van der Waals surface area contributed by atoms with Gasteiger partial charge >= 0.3 is 11.9 Å². The standard InChI is InChI=1S/C12H17NO5/c1-5-9(14)13-8(11(16)17)6-7-10(15)18-12(2,3)4/h1,8H,6-7H2,2-4H3,(H,13,14)(H,16,17)/t8-/m1/s1. The fraction of sp³-hybridized carbons (Fsp3) is 0.583. The van der Waals surface area contributed by atoms with Crippen molar-refractivity contribution >= 4 is 17.8 Å². The van der Waals surface area contributed by atoms with E-state index in [1.165, 1.54) is 0 Å². The van der Waals surface area contributed by atoms with Gasteiger partial charge in [-0.1, -0.05) is 0 Å². The van der Waals surface area contributed by atoms with Gasteiger partial charge in [-0.2, -0.15) is 0 Å². The predicted octanol–water partition coefficient (Wildman–Crippen LogP) is 0.311. The predicted molar refractivity (Wildman–Crippen MR) is 63.5 cm³/mol. The number of carboxylic acid groups (broad SMARTS) is 1. The van der Waals surface area contributed by atoms with E-state index < -0.39 is 29.5 Å². The van der Waals surface area contributed by atoms with Crippen LogP contribution in [0, 0.1) is 12.3 Å². The van der Waals surface area contributed by atoms with Crippen molar-refractivity contribution in [3.63, 3.8) is 0 Å². The van der Waals surface area contributed by atoms with Crippen LogP contribution in [0.2, 0.25) is 0 Å². The molecule has 1 amide bonds. The third kappa shape index (κ3) is 7.28. The number of carbonyl (C=O) groups is 3. The third-order valence-corrected chi connectivity index (χ3v) is 1.79. The fourth-order valence-corrected chi connectivity index (χ4v) is 1.11. The van der Waals surface area contributed by atoms with Crippen molar-refractivity contribution in [2.24, 2.45) is 0 Å². The van der Waals surface area contributed by atoms with E-state index in [4.69, 9.17) is 16.3 Å². The lowest BCUT2D eigenvalue weighted by molar-refractivity contribution is -0.155. The molecule has 0 aromatic carbocycles. The van der Waals surface area contributed by atoms with Crippen LogP contribution in [0.5, 0.6) is 0 Å². The van der Waals surface area contributed by atoms with Gasteiger partial charge < -0.3 is 15.2 Å². The highest BCUT2D eigenvalue weighted by atomic mass is 16.6. The molecule has 0 saturated carbocycles. The molecule has 0 aliphatic heterocycles. The van der Waals surface area contributed by atoms with Crippen molar-refractivity contribution in [2.45, 2.75) is 45.3 Å². The molecule has 100 valence electrons. The second-order valence-corrected chi connectivity index (χ2v) is 4.63. The molecule has 0 unspecified atom stereocenters. The Morgan fingerprint density at radius 1 is 1.39 bits per heavy atom. The number of nitrogens with one attached hydrogen (secondary N) is 1. The maximum absolute atomic E-state index is 11.4. The number of carboxylic acids is 1. The van der Waals surface area contributed by atoms with E-state index in [2.05, 4.69) is 5.32 Å². The molecule has 0 aliphatic rings. The van der Waals surface area contributed by atoms with E-state index in [1.807, 2.05) is 0 Å². The van der Waals surface area contributed by atoms with Crippen LogP contribution < -0.4 is 5.32 Å². The zero-order valence-corrected chi connectivity index (χ0v) is 10.6. The summed E-state index contributed by atoms with van der Waals surface area (Å²) >= 11 is 0. The molecule has 6 heteroatoms. The molecule has 18 heavy (non-hydrogen) atoms. The monoisotopic (exact) mass is 255 g/mol. The summed E-state index contributed by atoms with van der Waals surface area (Å²) in [6.07, 6.45) is 4.63. The van der Waals surface area contributed by atoms with Crippen LogP contribution in [0.25, 0.3) is 0 Å². The van der Waals surface area contributed by atoms with E-state index >= 15 is 0 Å². The first-order chi connectivity index (χ1) is 8.15. The quantitative estimate of drug-likeness (QED) is 0.545. The zero-order chi connectivity index (χ0) is 14.3. The molecule has 0 aromatic heterocycles. The summed E-state index contributed by atoms with van der Waals surface area (Å²) in [6, 6.07) is -1.19. The van der Waals surface area contributed by atoms with E-state index in [-0.39, 0.29) is 12.8 Å². The number of carbonyl (C=O) groups excluding carboxylic acids is 2. The van der Waals surface area contributed by atoms with Crippen molar-refractivity contribution in [1.29, 1.82) is 0 Å². The number of hydrogen-bond donors (Lipinski definition) is 2. The fourth-order valence-electron chi connectivity index (χ4n) is 1.11. The molecule has 0 saturated heterocycles. The summed E-state index contributed by atoms with van der Waals surface area (Å²) in [5.74, 6) is -0.853. The van der Waals surface area contributed by atoms with Crippen LogP contribution in [0.3, 0.4) is 0 Å². The Balaban J connectivity index is 4.29. The lowest BCUT2D eigenvalue weighted by Crippen LogP contribution is -2.40. The number of esters is 1. The minimum atomic E-state index is -1.25. The molecular weight excluding hydrogens is 238 g/mol. The van der Waals surface area contributed by atoms with Gasteiger partial charge in [0, 0.05) is 6.42 Å². The molecular formula is C12H17NO5. The van der Waals surface area contributed by atoms with Gasteiger partial charge in [0.15, 0.2) is 0 Å². The summed E-state index contributed by atoms with van der Waals surface area (Å²) in [4.78, 5) is 33.1. The summed E-state index contributed by atoms with van der Waals surface area (Å²) in [5.41, 5.74) is -0.627. The molecule has 0 heterocycles. The van der Waals surface area contributed by atoms with Gasteiger partial charge in [0.1, 0.15) is 11.6 Å². The third-order valence-electron chi connectivity index (χ3n) is 1.79. The molecule has 0 radical (unpaired) electrons. The first-order valence-electron chi connectivity index (χ1n) is 5.37. The minimum Gasteiger partial charge on any atom is -0.480 e. The zero-order valence-electron chi connectivity index (χ0n) is 10.6. The lowest BCUT2D eigenvalue weighted by atomic mass is 10.1. The normalized spacial score (nSPS) is 12.1. The first kappa shape index (κ1) is 16.0. The second kappa shape index (κ2) is 6.64. The Kier molecular flexibility index (Phi) is 5.89. The average molecular weight is 255 g/mol. The minimum absolute atomic E-state index is 0.0718. The molecule has 0 fully saturated rings. The largest absolute Gasteiger partial charge is 0.480 e. The number of aliphatic carboxylic acids is 1. The number of ether oxygens (including phenoxy) is 1. The van der Waals surface area contributed by atoms with Gasteiger partial charge in [0.05, 0.1) is 0 Å². The van der Waals surface area contributed by atoms with Crippen LogP contribution in [0.1, 0.15) is 33.6 Å². The summed E-state index contributed by atoms with van der Waals surface area (Å²) < 4.78 is 5.01. The van der Waals surface area contributed by atoms with E-state index in [1.54, 1.807) is 26.7 Å². The van der Waals surface area contributed by atoms with Crippen LogP contribution in [0.4, 0.5) is 0 Å². The maximum Gasteiger partial charge on any atom is 0.326 e. The maximum atomic E-state index is 11.4. The van der Waals surface area contributed by atoms with Crippen molar-refractivity contribution in [3.05, 3.63) is 0 Å². The van der Waals surface area contributed by atoms with Crippen molar-refractivity contribution in [1.82, 2.24) is 5.32 Å². The van der Waals surface area contributed by atoms with Gasteiger partial charge in [0.25, 0.3) is 5.91 Å². The van der Waals surface area contributed by atoms with Crippen molar-refractivity contribution < 1.29 is 24.2 Å². The second-order valence-electron chi connectivity index (χ2n) is 4.63. The number of amides is 1. The van der Waals surface area contributed by atoms with Crippen molar-refractivity contribution in [3.8, 4) is 12.3 Å². The Labute approximate surface area is 106 Å². The molecule has 0 aliphatic carbocycles. The molecule has 0 bridgehead atoms. The lowest BCUT2D eigenvalue weighted by Gasteiger charge is -2.20. The van der Waals surface area contributed by atoms with Crippen LogP contribution in [-0.4, -0.2) is 34.6 Å². The number of hydrogen-bond acceptors (Lipinski definition) is 4. The van der Waals surface area contributed by atoms with E-state index in [0.29, 0.717) is 0 Å². The van der Waals surface area contributed by atoms with Crippen LogP contribution in [-0.2, 0) is 19.1 Å². The molecule has 0 aromatic rings. The Hall–Kier alpha value is -2.03. The Morgan fingerprint density at radius 2 is 1.94 bits per heavy atom. The molecule has 2 N–H and O–H groups in total. The Bertz CT molecular complexity index is 375. The van der Waals surface area contributed by atoms with E-state index in [9.17, 15) is 14.4 Å². The van der Waals surface area contributed by atoms with Gasteiger partial charge in [-0.3, -0.25) is 9.59 Å². The highest BCUT2D eigenvalue weighted by Crippen LogP contribution is 2.10. The van der Waals surface area contributed by atoms with Gasteiger partial charge in [0.2, 0.25) is 0 Å². The highest BCUT2D eigenvalue weighted by molar-refractivity contribution is 5.95. The summed E-state index contributed by atoms with van der Waals surface area (Å²) in [6.45, 7) is 5.12. The molecule has 1 atom stereocenters. The molecule has 0 spiro atoms. The smallest absolute Gasteiger partial charge is 0.326 e. The highest BCUT2D eigenvalue weighted by Gasteiger charge is 2.22.